The van der Waals surface area contributed by atoms with Crippen LogP contribution < -0.4 is 0 Å². The highest BCUT2D eigenvalue weighted by molar-refractivity contribution is 6.22. The van der Waals surface area contributed by atoms with Crippen molar-refractivity contribution in [3.05, 3.63) is 284 Å². The molecule has 0 aliphatic heterocycles. The summed E-state index contributed by atoms with van der Waals surface area (Å²) in [5.74, 6) is 0. The topological polar surface area (TPSA) is 14.8 Å². The van der Waals surface area contributed by atoms with Crippen LogP contribution in [0.1, 0.15) is 11.1 Å². The van der Waals surface area contributed by atoms with Gasteiger partial charge in [0.05, 0.1) is 44.2 Å². The van der Waals surface area contributed by atoms with Crippen molar-refractivity contribution in [3.63, 3.8) is 0 Å². The number of hydrogen-bond acceptors (Lipinski definition) is 0. The van der Waals surface area contributed by atoms with Gasteiger partial charge in [0.1, 0.15) is 0 Å². The van der Waals surface area contributed by atoms with E-state index in [4.69, 9.17) is 0 Å². The van der Waals surface area contributed by atoms with Crippen molar-refractivity contribution in [1.82, 2.24) is 13.7 Å². The zero-order chi connectivity index (χ0) is 57.3. The molecule has 0 amide bonds. The van der Waals surface area contributed by atoms with E-state index < -0.39 is 23.5 Å². The molecule has 3 heterocycles. The van der Waals surface area contributed by atoms with Gasteiger partial charge in [-0.2, -0.15) is 26.3 Å². The molecule has 0 fully saturated rings. The minimum Gasteiger partial charge on any atom is -0.309 e. The molecule has 0 aliphatic rings. The molecule has 13 aromatic carbocycles. The van der Waals surface area contributed by atoms with Gasteiger partial charge in [-0.25, -0.2) is 0 Å². The highest BCUT2D eigenvalue weighted by atomic mass is 19.4. The first kappa shape index (κ1) is 50.1. The van der Waals surface area contributed by atoms with Crippen LogP contribution in [0.25, 0.3) is 149 Å². The van der Waals surface area contributed by atoms with Gasteiger partial charge < -0.3 is 13.7 Å². The molecule has 406 valence electrons. The fraction of sp³-hybridized carbons (Fsp3) is 0.0263. The number of aromatic nitrogens is 3. The first-order valence-electron chi connectivity index (χ1n) is 28.0. The average Bonchev–Trinajstić information content (AvgIpc) is 2.09. The molecule has 0 atom stereocenters. The maximum absolute atomic E-state index is 14.1. The van der Waals surface area contributed by atoms with Crippen LogP contribution in [-0.2, 0) is 12.4 Å². The Labute approximate surface area is 482 Å². The molecule has 0 bridgehead atoms. The van der Waals surface area contributed by atoms with Crippen LogP contribution in [0, 0.1) is 0 Å². The summed E-state index contributed by atoms with van der Waals surface area (Å²) in [7, 11) is 0. The van der Waals surface area contributed by atoms with Crippen LogP contribution in [0.15, 0.2) is 273 Å². The third-order valence-electron chi connectivity index (χ3n) is 17.0. The molecular weight excluding hydrogens is 1070 g/mol. The highest BCUT2D eigenvalue weighted by Gasteiger charge is 2.32. The predicted molar refractivity (Wildman–Crippen MR) is 336 cm³/mol. The Hall–Kier alpha value is -10.6. The molecule has 16 rings (SSSR count). The van der Waals surface area contributed by atoms with Gasteiger partial charge in [0.25, 0.3) is 0 Å². The van der Waals surface area contributed by atoms with Crippen LogP contribution in [0.4, 0.5) is 26.3 Å². The smallest absolute Gasteiger partial charge is 0.309 e. The lowest BCUT2D eigenvalue weighted by Crippen LogP contribution is -2.06. The van der Waals surface area contributed by atoms with Gasteiger partial charge in [-0.1, -0.05) is 164 Å². The lowest BCUT2D eigenvalue weighted by Gasteiger charge is -2.18. The third kappa shape index (κ3) is 8.05. The summed E-state index contributed by atoms with van der Waals surface area (Å²) in [6, 6.07) is 88.8. The Balaban J connectivity index is 0.873. The Bertz CT molecular complexity index is 5100. The van der Waals surface area contributed by atoms with Crippen molar-refractivity contribution < 1.29 is 26.3 Å². The Kier molecular flexibility index (Phi) is 11.2. The molecule has 9 heteroatoms. The largest absolute Gasteiger partial charge is 0.416 e. The van der Waals surface area contributed by atoms with Crippen LogP contribution in [0.3, 0.4) is 0 Å². The number of hydrogen-bond donors (Lipinski definition) is 0. The van der Waals surface area contributed by atoms with Crippen LogP contribution in [-0.4, -0.2) is 13.7 Å². The molecule has 3 nitrogen and oxygen atoms in total. The summed E-state index contributed by atoms with van der Waals surface area (Å²) in [6.45, 7) is 0. The number of alkyl halides is 6. The normalized spacial score (nSPS) is 12.4. The maximum Gasteiger partial charge on any atom is 0.416 e. The highest BCUT2D eigenvalue weighted by Crippen LogP contribution is 2.46. The Morgan fingerprint density at radius 3 is 0.871 bits per heavy atom. The molecule has 0 saturated heterocycles. The second-order valence-corrected chi connectivity index (χ2v) is 21.8. The molecule has 0 spiro atoms. The van der Waals surface area contributed by atoms with Crippen molar-refractivity contribution in [2.24, 2.45) is 0 Å². The van der Waals surface area contributed by atoms with Gasteiger partial charge in [0.15, 0.2) is 0 Å². The number of fused-ring (bicyclic) bond motifs is 11. The van der Waals surface area contributed by atoms with E-state index in [9.17, 15) is 26.3 Å². The third-order valence-corrected chi connectivity index (χ3v) is 17.0. The predicted octanol–water partition coefficient (Wildman–Crippen LogP) is 22.0. The molecule has 0 saturated carbocycles. The monoisotopic (exact) mass is 1110 g/mol. The minimum absolute atomic E-state index is 0.426. The zero-order valence-corrected chi connectivity index (χ0v) is 45.1. The molecule has 85 heavy (non-hydrogen) atoms. The first-order chi connectivity index (χ1) is 41.4. The summed E-state index contributed by atoms with van der Waals surface area (Å²) in [4.78, 5) is 0. The Morgan fingerprint density at radius 2 is 0.494 bits per heavy atom. The fourth-order valence-corrected chi connectivity index (χ4v) is 13.3. The molecule has 0 radical (unpaired) electrons. The summed E-state index contributed by atoms with van der Waals surface area (Å²) < 4.78 is 90.6. The summed E-state index contributed by atoms with van der Waals surface area (Å²) in [5, 5.41) is 10.4. The van der Waals surface area contributed by atoms with Crippen molar-refractivity contribution in [1.29, 1.82) is 0 Å². The number of rotatable bonds is 7. The van der Waals surface area contributed by atoms with Gasteiger partial charge in [-0.15, -0.1) is 0 Å². The maximum atomic E-state index is 14.1. The molecule has 0 unspecified atom stereocenters. The summed E-state index contributed by atoms with van der Waals surface area (Å²) in [5.41, 5.74) is 14.0. The van der Waals surface area contributed by atoms with Crippen LogP contribution >= 0.6 is 0 Å². The molecular formula is C76H45F6N3. The molecule has 0 N–H and O–H groups in total. The van der Waals surface area contributed by atoms with Crippen LogP contribution in [0.2, 0.25) is 0 Å². The minimum atomic E-state index is -4.50. The van der Waals surface area contributed by atoms with E-state index in [0.29, 0.717) is 11.4 Å². The lowest BCUT2D eigenvalue weighted by molar-refractivity contribution is -0.138. The van der Waals surface area contributed by atoms with Crippen LogP contribution in [0.5, 0.6) is 0 Å². The van der Waals surface area contributed by atoms with Gasteiger partial charge in [-0.3, -0.25) is 0 Å². The van der Waals surface area contributed by atoms with Gasteiger partial charge in [0, 0.05) is 49.4 Å². The van der Waals surface area contributed by atoms with Gasteiger partial charge in [0.2, 0.25) is 0 Å². The van der Waals surface area contributed by atoms with E-state index in [1.165, 1.54) is 62.5 Å². The molecule has 0 aliphatic carbocycles. The quantitative estimate of drug-likeness (QED) is 0.112. The molecule has 3 aromatic heterocycles. The first-order valence-corrected chi connectivity index (χ1v) is 28.0. The van der Waals surface area contributed by atoms with Crippen molar-refractivity contribution >= 4 is 87.0 Å². The van der Waals surface area contributed by atoms with Crippen molar-refractivity contribution in [2.75, 3.05) is 0 Å². The number of halogens is 6. The standard InChI is InChI=1S/C76H45F6N3/c77-75(78,79)52-16-12-18-55(44-52)84-67-26-10-8-20-57(67)63-40-48(30-36-69(63)84)50-32-38-71-65(42-50)66-43-51(49-31-37-70-64(41-49)58-21-9-11-27-68(58)85(70)56-19-13-17-53(45-56)76(80,81)82)33-39-72(66)83(71)54-34-28-47(29-35-54)74-61-24-6-4-22-59(61)73(46-14-2-1-3-15-46)60-23-5-7-25-62(60)74/h1-45H. The molecule has 16 aromatic rings. The summed E-state index contributed by atoms with van der Waals surface area (Å²) >= 11 is 0. The second kappa shape index (κ2) is 19.0. The zero-order valence-electron chi connectivity index (χ0n) is 45.1. The van der Waals surface area contributed by atoms with E-state index in [1.807, 2.05) is 88.0 Å². The number of nitrogens with zero attached hydrogens (tertiary/aromatic N) is 3. The van der Waals surface area contributed by atoms with Crippen molar-refractivity contribution in [3.8, 4) is 61.6 Å². The lowest BCUT2D eigenvalue weighted by atomic mass is 9.86. The van der Waals surface area contributed by atoms with E-state index in [1.54, 1.807) is 12.1 Å². The second-order valence-electron chi connectivity index (χ2n) is 21.8. The van der Waals surface area contributed by atoms with Gasteiger partial charge in [-0.05, 0) is 175 Å². The fourth-order valence-electron chi connectivity index (χ4n) is 13.3. The average molecular weight is 1110 g/mol. The van der Waals surface area contributed by atoms with E-state index in [2.05, 4.69) is 150 Å². The Morgan fingerprint density at radius 1 is 0.200 bits per heavy atom. The summed E-state index contributed by atoms with van der Waals surface area (Å²) in [6.07, 6.45) is -9.00. The van der Waals surface area contributed by atoms with Crippen molar-refractivity contribution in [2.45, 2.75) is 12.4 Å². The number of benzene rings is 13. The van der Waals surface area contributed by atoms with E-state index >= 15 is 0 Å². The van der Waals surface area contributed by atoms with E-state index in [-0.39, 0.29) is 0 Å². The van der Waals surface area contributed by atoms with Gasteiger partial charge >= 0.3 is 12.4 Å². The van der Waals surface area contributed by atoms with E-state index in [0.717, 1.165) is 111 Å². The SMILES string of the molecule is FC(F)(F)c1cccc(-n2c3ccccc3c3cc(-c4ccc5c(c4)c4cc(-c6ccc7c(c6)c6ccccc6n7-c6cccc(C(F)(F)F)c6)ccc4n5-c4ccc(-c5c6ccccc6c(-c6ccccc6)c6ccccc56)cc4)ccc32)c1. The number of para-hydroxylation sites is 2.